The largest absolute Gasteiger partial charge is 0.436 e. The van der Waals surface area contributed by atoms with Gasteiger partial charge in [-0.25, -0.2) is 0 Å². The van der Waals surface area contributed by atoms with E-state index in [4.69, 9.17) is 9.47 Å². The van der Waals surface area contributed by atoms with Gasteiger partial charge in [0, 0.05) is 0 Å². The minimum atomic E-state index is -0.434. The number of hydrogen-bond donors (Lipinski definition) is 0. The van der Waals surface area contributed by atoms with Gasteiger partial charge in [-0.05, 0) is 33.1 Å². The van der Waals surface area contributed by atoms with Crippen LogP contribution in [0.15, 0.2) is 0 Å². The number of carbonyl (C=O) groups is 1. The summed E-state index contributed by atoms with van der Waals surface area (Å²) in [4.78, 5) is 12.0. The van der Waals surface area contributed by atoms with Gasteiger partial charge < -0.3 is 9.47 Å². The molecule has 0 fully saturated rings. The predicted octanol–water partition coefficient (Wildman–Crippen LogP) is 3.91. The average Bonchev–Trinajstić information content (AvgIpc) is 2.29. The fraction of sp³-hybridized carbons (Fsp3) is 0.929. The summed E-state index contributed by atoms with van der Waals surface area (Å²) >= 11 is 0. The molecule has 0 aliphatic heterocycles. The van der Waals surface area contributed by atoms with Crippen molar-refractivity contribution in [2.45, 2.75) is 73.0 Å². The quantitative estimate of drug-likeness (QED) is 0.350. The third kappa shape index (κ3) is 6.06. The van der Waals surface area contributed by atoms with Crippen LogP contribution in [0.5, 0.6) is 0 Å². The second-order valence-electron chi connectivity index (χ2n) is 4.86. The lowest BCUT2D eigenvalue weighted by molar-refractivity contribution is -0.186. The summed E-state index contributed by atoms with van der Waals surface area (Å²) in [7, 11) is 0. The summed E-state index contributed by atoms with van der Waals surface area (Å²) in [6.45, 7) is 10.6. The fourth-order valence-electron chi connectivity index (χ4n) is 1.70. The van der Waals surface area contributed by atoms with E-state index < -0.39 is 6.29 Å². The molecule has 0 aliphatic carbocycles. The normalized spacial score (nSPS) is 16.3. The molecule has 102 valence electrons. The molecule has 0 saturated heterocycles. The molecule has 0 heterocycles. The van der Waals surface area contributed by atoms with Crippen molar-refractivity contribution in [3.05, 3.63) is 0 Å². The van der Waals surface area contributed by atoms with Gasteiger partial charge in [0.2, 0.25) is 0 Å². The van der Waals surface area contributed by atoms with Crippen molar-refractivity contribution >= 4 is 5.97 Å². The van der Waals surface area contributed by atoms with E-state index in [1.54, 1.807) is 6.92 Å². The predicted molar refractivity (Wildman–Crippen MR) is 69.7 cm³/mol. The van der Waals surface area contributed by atoms with Crippen molar-refractivity contribution in [2.24, 2.45) is 5.41 Å². The molecule has 2 unspecified atom stereocenters. The highest BCUT2D eigenvalue weighted by atomic mass is 16.7. The summed E-state index contributed by atoms with van der Waals surface area (Å²) in [5.74, 6) is -0.133. The van der Waals surface area contributed by atoms with Crippen LogP contribution in [0.3, 0.4) is 0 Å². The molecule has 0 N–H and O–H groups in total. The molecule has 0 rings (SSSR count). The van der Waals surface area contributed by atoms with E-state index in [2.05, 4.69) is 13.8 Å². The lowest BCUT2D eigenvalue weighted by atomic mass is 9.83. The topological polar surface area (TPSA) is 35.5 Å². The van der Waals surface area contributed by atoms with Crippen LogP contribution in [0.4, 0.5) is 0 Å². The zero-order valence-electron chi connectivity index (χ0n) is 12.0. The maximum absolute atomic E-state index is 12.0. The number of esters is 1. The molecule has 0 aromatic rings. The fourth-order valence-corrected chi connectivity index (χ4v) is 1.70. The molecule has 3 heteroatoms. The van der Waals surface area contributed by atoms with Crippen molar-refractivity contribution in [1.29, 1.82) is 0 Å². The van der Waals surface area contributed by atoms with Crippen molar-refractivity contribution < 1.29 is 14.3 Å². The Bertz CT molecular complexity index is 216. The minimum Gasteiger partial charge on any atom is -0.436 e. The maximum Gasteiger partial charge on any atom is 0.314 e. The van der Waals surface area contributed by atoms with Gasteiger partial charge in [0.25, 0.3) is 0 Å². The number of carbonyl (C=O) groups excluding carboxylic acids is 1. The van der Waals surface area contributed by atoms with Crippen molar-refractivity contribution in [3.63, 3.8) is 0 Å². The Labute approximate surface area is 106 Å². The van der Waals surface area contributed by atoms with E-state index in [1.165, 1.54) is 0 Å². The molecule has 0 radical (unpaired) electrons. The number of unbranched alkanes of at least 4 members (excludes halogenated alkanes) is 1. The van der Waals surface area contributed by atoms with Crippen molar-refractivity contribution in [1.82, 2.24) is 0 Å². The van der Waals surface area contributed by atoms with Gasteiger partial charge in [-0.15, -0.1) is 0 Å². The smallest absolute Gasteiger partial charge is 0.314 e. The van der Waals surface area contributed by atoms with E-state index in [-0.39, 0.29) is 11.4 Å². The summed E-state index contributed by atoms with van der Waals surface area (Å²) in [5.41, 5.74) is -0.364. The van der Waals surface area contributed by atoms with Crippen molar-refractivity contribution in [2.75, 3.05) is 6.61 Å². The molecule has 0 aromatic heterocycles. The highest BCUT2D eigenvalue weighted by molar-refractivity contribution is 5.76. The van der Waals surface area contributed by atoms with Gasteiger partial charge in [0.15, 0.2) is 6.29 Å². The maximum atomic E-state index is 12.0. The molecule has 0 amide bonds. The number of rotatable bonds is 9. The first-order valence-corrected chi connectivity index (χ1v) is 6.82. The van der Waals surface area contributed by atoms with E-state index >= 15 is 0 Å². The van der Waals surface area contributed by atoms with Gasteiger partial charge in [-0.2, -0.15) is 0 Å². The monoisotopic (exact) mass is 244 g/mol. The van der Waals surface area contributed by atoms with Gasteiger partial charge in [0.05, 0.1) is 12.0 Å². The zero-order chi connectivity index (χ0) is 13.3. The van der Waals surface area contributed by atoms with Crippen molar-refractivity contribution in [3.8, 4) is 0 Å². The van der Waals surface area contributed by atoms with Crippen LogP contribution < -0.4 is 0 Å². The first kappa shape index (κ1) is 16.4. The average molecular weight is 244 g/mol. The minimum absolute atomic E-state index is 0.133. The molecular weight excluding hydrogens is 216 g/mol. The van der Waals surface area contributed by atoms with Gasteiger partial charge in [0.1, 0.15) is 0 Å². The molecule has 0 bridgehead atoms. The molecule has 17 heavy (non-hydrogen) atoms. The Morgan fingerprint density at radius 1 is 1.24 bits per heavy atom. The Hall–Kier alpha value is -0.570. The summed E-state index contributed by atoms with van der Waals surface area (Å²) in [5, 5.41) is 0. The Morgan fingerprint density at radius 2 is 1.88 bits per heavy atom. The van der Waals surface area contributed by atoms with Gasteiger partial charge in [-0.3, -0.25) is 4.79 Å². The summed E-state index contributed by atoms with van der Waals surface area (Å²) < 4.78 is 10.8. The van der Waals surface area contributed by atoms with E-state index in [0.29, 0.717) is 6.61 Å². The molecule has 3 nitrogen and oxygen atoms in total. The Kier molecular flexibility index (Phi) is 8.23. The lowest BCUT2D eigenvalue weighted by Crippen LogP contribution is -2.32. The Balaban J connectivity index is 4.12. The lowest BCUT2D eigenvalue weighted by Gasteiger charge is -2.27. The SMILES string of the molecule is CCCCOC(C)OC(=O)C(C)(CC)CCC. The van der Waals surface area contributed by atoms with Gasteiger partial charge >= 0.3 is 5.97 Å². The molecule has 0 saturated carbocycles. The number of ether oxygens (including phenoxy) is 2. The Morgan fingerprint density at radius 3 is 2.35 bits per heavy atom. The van der Waals surface area contributed by atoms with Crippen LogP contribution in [0.25, 0.3) is 0 Å². The highest BCUT2D eigenvalue weighted by Crippen LogP contribution is 2.29. The van der Waals surface area contributed by atoms with Crippen LogP contribution in [0.1, 0.15) is 66.7 Å². The molecule has 2 atom stereocenters. The van der Waals surface area contributed by atoms with E-state index in [0.717, 1.165) is 32.1 Å². The second-order valence-corrected chi connectivity index (χ2v) is 4.86. The third-order valence-corrected chi connectivity index (χ3v) is 3.20. The highest BCUT2D eigenvalue weighted by Gasteiger charge is 2.33. The van der Waals surface area contributed by atoms with Crippen LogP contribution in [-0.4, -0.2) is 18.9 Å². The van der Waals surface area contributed by atoms with Crippen LogP contribution in [-0.2, 0) is 14.3 Å². The second kappa shape index (κ2) is 8.51. The zero-order valence-corrected chi connectivity index (χ0v) is 12.0. The number of hydrogen-bond acceptors (Lipinski definition) is 3. The first-order chi connectivity index (χ1) is 8.00. The van der Waals surface area contributed by atoms with Gasteiger partial charge in [-0.1, -0.05) is 33.6 Å². The summed E-state index contributed by atoms with van der Waals surface area (Å²) in [6.07, 6.45) is 4.32. The molecule has 0 aliphatic rings. The van der Waals surface area contributed by atoms with Crippen LogP contribution in [0, 0.1) is 5.41 Å². The van der Waals surface area contributed by atoms with Crippen LogP contribution in [0.2, 0.25) is 0 Å². The standard InChI is InChI=1S/C14H28O3/c1-6-9-11-16-12(4)17-13(15)14(5,8-3)10-7-2/h12H,6-11H2,1-5H3. The third-order valence-electron chi connectivity index (χ3n) is 3.20. The molecule has 0 spiro atoms. The molecular formula is C14H28O3. The van der Waals surface area contributed by atoms with E-state index in [9.17, 15) is 4.79 Å². The first-order valence-electron chi connectivity index (χ1n) is 6.82. The summed E-state index contributed by atoms with van der Waals surface area (Å²) in [6, 6.07) is 0. The van der Waals surface area contributed by atoms with Crippen LogP contribution >= 0.6 is 0 Å². The van der Waals surface area contributed by atoms with E-state index in [1.807, 2.05) is 13.8 Å². The molecule has 0 aromatic carbocycles.